The molecule has 3 heterocycles. The number of fused-ring (bicyclic) bond motifs is 1. The Hall–Kier alpha value is -3.16. The zero-order chi connectivity index (χ0) is 21.5. The van der Waals surface area contributed by atoms with E-state index in [1.54, 1.807) is 0 Å². The third-order valence-corrected chi connectivity index (χ3v) is 5.70. The van der Waals surface area contributed by atoms with E-state index in [2.05, 4.69) is 53.4 Å². The maximum absolute atomic E-state index is 4.48. The topological polar surface area (TPSA) is 76.2 Å². The van der Waals surface area contributed by atoms with E-state index in [1.165, 1.54) is 19.3 Å². The second-order valence-electron chi connectivity index (χ2n) is 8.06. The first kappa shape index (κ1) is 21.1. The van der Waals surface area contributed by atoms with Gasteiger partial charge in [0.05, 0.1) is 11.9 Å². The van der Waals surface area contributed by atoms with Crippen molar-refractivity contribution < 1.29 is 0 Å². The van der Waals surface area contributed by atoms with Crippen LogP contribution < -0.4 is 5.32 Å². The molecule has 0 bridgehead atoms. The van der Waals surface area contributed by atoms with Crippen LogP contribution in [0, 0.1) is 0 Å². The minimum Gasteiger partial charge on any atom is -0.356 e. The number of rotatable bonds is 7. The summed E-state index contributed by atoms with van der Waals surface area (Å²) < 4.78 is 4.24. The van der Waals surface area contributed by atoms with Crippen LogP contribution in [-0.4, -0.2) is 56.0 Å². The van der Waals surface area contributed by atoms with E-state index >= 15 is 0 Å². The molecule has 0 aliphatic carbocycles. The van der Waals surface area contributed by atoms with Crippen molar-refractivity contribution in [1.82, 2.24) is 34.8 Å². The second kappa shape index (κ2) is 10.2. The van der Waals surface area contributed by atoms with Crippen molar-refractivity contribution in [3.05, 3.63) is 59.9 Å². The summed E-state index contributed by atoms with van der Waals surface area (Å²) in [6.45, 7) is 2.65. The molecule has 164 valence electrons. The number of nitrogens with one attached hydrogen (secondary N) is 1. The SMILES string of the molecule is CN=C(NCCCc1nnc2n1CCCCC2)N(C)Cc1cnn(-c2ccccc2)c1. The van der Waals surface area contributed by atoms with Gasteiger partial charge in [0.2, 0.25) is 0 Å². The molecule has 0 atom stereocenters. The van der Waals surface area contributed by atoms with Crippen LogP contribution in [0.3, 0.4) is 0 Å². The number of aromatic nitrogens is 5. The molecule has 1 aliphatic rings. The van der Waals surface area contributed by atoms with Crippen LogP contribution in [0.2, 0.25) is 0 Å². The van der Waals surface area contributed by atoms with E-state index in [9.17, 15) is 0 Å². The Labute approximate surface area is 184 Å². The predicted molar refractivity (Wildman–Crippen MR) is 122 cm³/mol. The van der Waals surface area contributed by atoms with Crippen molar-refractivity contribution in [3.8, 4) is 5.69 Å². The standard InChI is InChI=1S/C23H32N8/c1-24-23(25-14-9-13-22-28-27-21-12-7-4-8-15-30(21)22)29(2)17-19-16-26-31(18-19)20-10-5-3-6-11-20/h3,5-6,10-11,16,18H,4,7-9,12-15,17H2,1-2H3,(H,24,25). The average Bonchev–Trinajstić information content (AvgIpc) is 3.34. The van der Waals surface area contributed by atoms with E-state index in [1.807, 2.05) is 43.2 Å². The van der Waals surface area contributed by atoms with Gasteiger partial charge in [-0.15, -0.1) is 10.2 Å². The quantitative estimate of drug-likeness (QED) is 0.361. The minimum atomic E-state index is 0.740. The lowest BCUT2D eigenvalue weighted by Crippen LogP contribution is -2.39. The molecule has 0 amide bonds. The Morgan fingerprint density at radius 3 is 2.87 bits per heavy atom. The highest BCUT2D eigenvalue weighted by molar-refractivity contribution is 5.79. The molecule has 1 aromatic carbocycles. The average molecular weight is 421 g/mol. The Kier molecular flexibility index (Phi) is 6.96. The maximum Gasteiger partial charge on any atom is 0.193 e. The van der Waals surface area contributed by atoms with E-state index in [4.69, 9.17) is 0 Å². The number of hydrogen-bond donors (Lipinski definition) is 1. The van der Waals surface area contributed by atoms with Crippen LogP contribution in [0.25, 0.3) is 5.69 Å². The van der Waals surface area contributed by atoms with E-state index in [0.29, 0.717) is 0 Å². The molecule has 4 rings (SSSR count). The van der Waals surface area contributed by atoms with Crippen LogP contribution in [-0.2, 0) is 25.9 Å². The Balaban J connectivity index is 1.26. The normalized spacial score (nSPS) is 14.2. The number of para-hydroxylation sites is 1. The molecule has 0 saturated heterocycles. The molecule has 2 aromatic heterocycles. The lowest BCUT2D eigenvalue weighted by Gasteiger charge is -2.21. The molecule has 0 spiro atoms. The lowest BCUT2D eigenvalue weighted by molar-refractivity contribution is 0.475. The fourth-order valence-electron chi connectivity index (χ4n) is 4.07. The number of guanidine groups is 1. The van der Waals surface area contributed by atoms with Gasteiger partial charge in [0.1, 0.15) is 11.6 Å². The highest BCUT2D eigenvalue weighted by Gasteiger charge is 2.14. The predicted octanol–water partition coefficient (Wildman–Crippen LogP) is 2.83. The fourth-order valence-corrected chi connectivity index (χ4v) is 4.07. The van der Waals surface area contributed by atoms with Gasteiger partial charge < -0.3 is 14.8 Å². The van der Waals surface area contributed by atoms with Crippen molar-refractivity contribution in [1.29, 1.82) is 0 Å². The van der Waals surface area contributed by atoms with Gasteiger partial charge in [-0.2, -0.15) is 5.10 Å². The van der Waals surface area contributed by atoms with Gasteiger partial charge in [0.25, 0.3) is 0 Å². The van der Waals surface area contributed by atoms with Gasteiger partial charge in [0, 0.05) is 58.3 Å². The van der Waals surface area contributed by atoms with Gasteiger partial charge in [-0.3, -0.25) is 4.99 Å². The van der Waals surface area contributed by atoms with Crippen LogP contribution in [0.4, 0.5) is 0 Å². The summed E-state index contributed by atoms with van der Waals surface area (Å²) in [6.07, 6.45) is 10.7. The highest BCUT2D eigenvalue weighted by Crippen LogP contribution is 2.15. The van der Waals surface area contributed by atoms with Crippen LogP contribution >= 0.6 is 0 Å². The Morgan fingerprint density at radius 2 is 2.03 bits per heavy atom. The van der Waals surface area contributed by atoms with Crippen LogP contribution in [0.5, 0.6) is 0 Å². The third-order valence-electron chi connectivity index (χ3n) is 5.70. The number of aryl methyl sites for hydroxylation is 2. The maximum atomic E-state index is 4.48. The van der Waals surface area contributed by atoms with Crippen molar-refractivity contribution >= 4 is 5.96 Å². The van der Waals surface area contributed by atoms with Crippen molar-refractivity contribution in [2.75, 3.05) is 20.6 Å². The molecular weight excluding hydrogens is 388 g/mol. The first-order chi connectivity index (χ1) is 15.2. The molecule has 8 heteroatoms. The summed E-state index contributed by atoms with van der Waals surface area (Å²) in [5.41, 5.74) is 2.20. The molecular formula is C23H32N8. The fraction of sp³-hybridized carbons (Fsp3) is 0.478. The molecule has 3 aromatic rings. The van der Waals surface area contributed by atoms with Gasteiger partial charge in [-0.1, -0.05) is 24.6 Å². The van der Waals surface area contributed by atoms with E-state index in [-0.39, 0.29) is 0 Å². The second-order valence-corrected chi connectivity index (χ2v) is 8.06. The molecule has 0 radical (unpaired) electrons. The Morgan fingerprint density at radius 1 is 1.16 bits per heavy atom. The third kappa shape index (κ3) is 5.31. The first-order valence-electron chi connectivity index (χ1n) is 11.2. The molecule has 31 heavy (non-hydrogen) atoms. The molecule has 0 fully saturated rings. The van der Waals surface area contributed by atoms with E-state index < -0.39 is 0 Å². The molecule has 1 aliphatic heterocycles. The van der Waals surface area contributed by atoms with Crippen molar-refractivity contribution in [2.24, 2.45) is 4.99 Å². The van der Waals surface area contributed by atoms with Gasteiger partial charge in [0.15, 0.2) is 5.96 Å². The monoisotopic (exact) mass is 420 g/mol. The summed E-state index contributed by atoms with van der Waals surface area (Å²) in [5, 5.41) is 16.8. The summed E-state index contributed by atoms with van der Waals surface area (Å²) >= 11 is 0. The summed E-state index contributed by atoms with van der Waals surface area (Å²) in [5.74, 6) is 3.16. The van der Waals surface area contributed by atoms with Gasteiger partial charge in [-0.05, 0) is 31.4 Å². The minimum absolute atomic E-state index is 0.740. The smallest absolute Gasteiger partial charge is 0.193 e. The summed E-state index contributed by atoms with van der Waals surface area (Å²) in [4.78, 5) is 6.56. The number of nitrogens with zero attached hydrogens (tertiary/aromatic N) is 7. The zero-order valence-electron chi connectivity index (χ0n) is 18.5. The van der Waals surface area contributed by atoms with Crippen LogP contribution in [0.15, 0.2) is 47.7 Å². The van der Waals surface area contributed by atoms with Gasteiger partial charge >= 0.3 is 0 Å². The number of hydrogen-bond acceptors (Lipinski definition) is 4. The molecule has 0 saturated carbocycles. The Bertz CT molecular complexity index is 988. The van der Waals surface area contributed by atoms with Crippen molar-refractivity contribution in [3.63, 3.8) is 0 Å². The number of benzene rings is 1. The summed E-state index contributed by atoms with van der Waals surface area (Å²) in [7, 11) is 3.87. The highest BCUT2D eigenvalue weighted by atomic mass is 15.3. The van der Waals surface area contributed by atoms with E-state index in [0.717, 1.165) is 67.8 Å². The van der Waals surface area contributed by atoms with Crippen molar-refractivity contribution in [2.45, 2.75) is 51.6 Å². The summed E-state index contributed by atoms with van der Waals surface area (Å²) in [6, 6.07) is 10.2. The zero-order valence-corrected chi connectivity index (χ0v) is 18.5. The lowest BCUT2D eigenvalue weighted by atomic mass is 10.2. The molecule has 8 nitrogen and oxygen atoms in total. The number of aliphatic imine (C=N–C) groups is 1. The molecule has 0 unspecified atom stereocenters. The first-order valence-corrected chi connectivity index (χ1v) is 11.2. The largest absolute Gasteiger partial charge is 0.356 e. The van der Waals surface area contributed by atoms with Crippen LogP contribution in [0.1, 0.15) is 42.9 Å². The molecule has 1 N–H and O–H groups in total. The van der Waals surface area contributed by atoms with Gasteiger partial charge in [-0.25, -0.2) is 4.68 Å².